The Hall–Kier alpha value is -2.40. The van der Waals surface area contributed by atoms with Gasteiger partial charge in [0.05, 0.1) is 12.4 Å². The highest BCUT2D eigenvalue weighted by molar-refractivity contribution is 6.30. The first-order chi connectivity index (χ1) is 11.7. The van der Waals surface area contributed by atoms with Crippen molar-refractivity contribution >= 4 is 17.4 Å². The number of anilines is 1. The first-order valence-electron chi connectivity index (χ1n) is 7.97. The summed E-state index contributed by atoms with van der Waals surface area (Å²) in [6.07, 6.45) is 6.39. The summed E-state index contributed by atoms with van der Waals surface area (Å²) in [5.41, 5.74) is 2.13. The number of halogens is 1. The van der Waals surface area contributed by atoms with Crippen molar-refractivity contribution < 1.29 is 0 Å². The summed E-state index contributed by atoms with van der Waals surface area (Å²) < 4.78 is 2.07. The maximum Gasteiger partial charge on any atom is 0.130 e. The van der Waals surface area contributed by atoms with Crippen LogP contribution in [-0.2, 0) is 6.42 Å². The SMILES string of the molecule is CCc1nc(C)cc(NCC(c2ccc(Cl)cc2)n2ccnc2)n1. The number of aryl methyl sites for hydroxylation is 2. The standard InChI is InChI=1S/C18H20ClN5/c1-3-17-22-13(2)10-18(23-17)21-11-16(24-9-8-20-12-24)14-4-6-15(19)7-5-14/h4-10,12,16H,3,11H2,1-2H3,(H,21,22,23). The largest absolute Gasteiger partial charge is 0.368 e. The molecular weight excluding hydrogens is 322 g/mol. The third kappa shape index (κ3) is 3.92. The van der Waals surface area contributed by atoms with Crippen molar-refractivity contribution in [2.75, 3.05) is 11.9 Å². The minimum Gasteiger partial charge on any atom is -0.368 e. The van der Waals surface area contributed by atoms with Gasteiger partial charge in [-0.1, -0.05) is 30.7 Å². The van der Waals surface area contributed by atoms with Gasteiger partial charge in [0.2, 0.25) is 0 Å². The fourth-order valence-electron chi connectivity index (χ4n) is 2.61. The molecular formula is C18H20ClN5. The highest BCUT2D eigenvalue weighted by Crippen LogP contribution is 2.21. The van der Waals surface area contributed by atoms with E-state index in [9.17, 15) is 0 Å². The molecule has 2 heterocycles. The summed E-state index contributed by atoms with van der Waals surface area (Å²) in [6.45, 7) is 4.73. The van der Waals surface area contributed by atoms with Crippen LogP contribution in [0.4, 0.5) is 5.82 Å². The number of rotatable bonds is 6. The number of imidazole rings is 1. The van der Waals surface area contributed by atoms with Crippen LogP contribution in [-0.4, -0.2) is 26.1 Å². The van der Waals surface area contributed by atoms with Gasteiger partial charge in [-0.3, -0.25) is 0 Å². The number of hydrogen-bond acceptors (Lipinski definition) is 4. The van der Waals surface area contributed by atoms with Gasteiger partial charge in [0.25, 0.3) is 0 Å². The molecule has 0 aliphatic rings. The molecule has 3 aromatic rings. The fourth-order valence-corrected chi connectivity index (χ4v) is 2.74. The monoisotopic (exact) mass is 341 g/mol. The lowest BCUT2D eigenvalue weighted by atomic mass is 10.1. The molecule has 24 heavy (non-hydrogen) atoms. The zero-order chi connectivity index (χ0) is 16.9. The summed E-state index contributed by atoms with van der Waals surface area (Å²) in [6, 6.07) is 9.96. The smallest absolute Gasteiger partial charge is 0.130 e. The average molecular weight is 342 g/mol. The van der Waals surface area contributed by atoms with Crippen LogP contribution in [0.2, 0.25) is 5.02 Å². The molecule has 1 N–H and O–H groups in total. The molecule has 1 atom stereocenters. The van der Waals surface area contributed by atoms with Gasteiger partial charge in [-0.15, -0.1) is 0 Å². The summed E-state index contributed by atoms with van der Waals surface area (Å²) in [4.78, 5) is 13.1. The molecule has 0 saturated heterocycles. The van der Waals surface area contributed by atoms with Crippen molar-refractivity contribution in [1.29, 1.82) is 0 Å². The summed E-state index contributed by atoms with van der Waals surface area (Å²) in [5, 5.41) is 4.16. The van der Waals surface area contributed by atoms with E-state index >= 15 is 0 Å². The van der Waals surface area contributed by atoms with Gasteiger partial charge in [0.1, 0.15) is 11.6 Å². The average Bonchev–Trinajstić information content (AvgIpc) is 3.10. The van der Waals surface area contributed by atoms with Crippen LogP contribution in [0.25, 0.3) is 0 Å². The number of aromatic nitrogens is 4. The van der Waals surface area contributed by atoms with Gasteiger partial charge < -0.3 is 9.88 Å². The normalized spacial score (nSPS) is 12.1. The molecule has 6 heteroatoms. The molecule has 1 unspecified atom stereocenters. The van der Waals surface area contributed by atoms with Crippen LogP contribution in [0.3, 0.4) is 0 Å². The Morgan fingerprint density at radius 3 is 2.67 bits per heavy atom. The van der Waals surface area contributed by atoms with E-state index in [1.54, 1.807) is 6.20 Å². The lowest BCUT2D eigenvalue weighted by Gasteiger charge is -2.20. The van der Waals surface area contributed by atoms with Crippen molar-refractivity contribution in [1.82, 2.24) is 19.5 Å². The van der Waals surface area contributed by atoms with E-state index in [4.69, 9.17) is 11.6 Å². The van der Waals surface area contributed by atoms with Gasteiger partial charge in [-0.25, -0.2) is 15.0 Å². The van der Waals surface area contributed by atoms with E-state index in [1.165, 1.54) is 0 Å². The minimum atomic E-state index is 0.102. The summed E-state index contributed by atoms with van der Waals surface area (Å²) in [5.74, 6) is 1.70. The second kappa shape index (κ2) is 7.45. The Bertz CT molecular complexity index is 784. The highest BCUT2D eigenvalue weighted by atomic mass is 35.5. The second-order valence-electron chi connectivity index (χ2n) is 5.62. The van der Waals surface area contributed by atoms with E-state index < -0.39 is 0 Å². The zero-order valence-corrected chi connectivity index (χ0v) is 14.5. The molecule has 0 fully saturated rings. The maximum absolute atomic E-state index is 6.01. The van der Waals surface area contributed by atoms with Gasteiger partial charge in [-0.2, -0.15) is 0 Å². The van der Waals surface area contributed by atoms with E-state index in [-0.39, 0.29) is 6.04 Å². The molecule has 0 saturated carbocycles. The Morgan fingerprint density at radius 2 is 2.00 bits per heavy atom. The fraction of sp³-hybridized carbons (Fsp3) is 0.278. The first-order valence-corrected chi connectivity index (χ1v) is 8.35. The third-order valence-corrected chi connectivity index (χ3v) is 4.08. The highest BCUT2D eigenvalue weighted by Gasteiger charge is 2.14. The molecule has 1 aromatic carbocycles. The van der Waals surface area contributed by atoms with Crippen molar-refractivity contribution in [3.05, 3.63) is 71.2 Å². The zero-order valence-electron chi connectivity index (χ0n) is 13.8. The van der Waals surface area contributed by atoms with E-state index in [0.29, 0.717) is 6.54 Å². The lowest BCUT2D eigenvalue weighted by molar-refractivity contribution is 0.608. The van der Waals surface area contributed by atoms with Crippen LogP contribution in [0, 0.1) is 6.92 Å². The predicted molar refractivity (Wildman–Crippen MR) is 96.5 cm³/mol. The van der Waals surface area contributed by atoms with Crippen LogP contribution in [0.5, 0.6) is 0 Å². The van der Waals surface area contributed by atoms with E-state index in [1.807, 2.05) is 49.8 Å². The Kier molecular flexibility index (Phi) is 5.11. The van der Waals surface area contributed by atoms with Crippen LogP contribution in [0.15, 0.2) is 49.1 Å². The predicted octanol–water partition coefficient (Wildman–Crippen LogP) is 3.90. The lowest BCUT2D eigenvalue weighted by Crippen LogP contribution is -2.20. The Labute approximate surface area is 146 Å². The maximum atomic E-state index is 6.01. The minimum absolute atomic E-state index is 0.102. The molecule has 0 bridgehead atoms. The second-order valence-corrected chi connectivity index (χ2v) is 6.06. The molecule has 0 radical (unpaired) electrons. The van der Waals surface area contributed by atoms with Crippen molar-refractivity contribution in [3.8, 4) is 0 Å². The molecule has 0 amide bonds. The number of benzene rings is 1. The Morgan fingerprint density at radius 1 is 1.21 bits per heavy atom. The first kappa shape index (κ1) is 16.5. The number of nitrogens with zero attached hydrogens (tertiary/aromatic N) is 4. The quantitative estimate of drug-likeness (QED) is 0.738. The third-order valence-electron chi connectivity index (χ3n) is 3.83. The molecule has 0 aliphatic carbocycles. The van der Waals surface area contributed by atoms with Gasteiger partial charge in [0.15, 0.2) is 0 Å². The Balaban J connectivity index is 1.82. The molecule has 5 nitrogen and oxygen atoms in total. The van der Waals surface area contributed by atoms with Crippen LogP contribution >= 0.6 is 11.6 Å². The van der Waals surface area contributed by atoms with Crippen LogP contribution in [0.1, 0.15) is 30.0 Å². The molecule has 0 aliphatic heterocycles. The topological polar surface area (TPSA) is 55.6 Å². The molecule has 2 aromatic heterocycles. The van der Waals surface area contributed by atoms with E-state index in [2.05, 4.69) is 31.8 Å². The molecule has 3 rings (SSSR count). The van der Waals surface area contributed by atoms with Crippen molar-refractivity contribution in [2.45, 2.75) is 26.3 Å². The molecule has 0 spiro atoms. The summed E-state index contributed by atoms with van der Waals surface area (Å²) in [7, 11) is 0. The van der Waals surface area contributed by atoms with Gasteiger partial charge in [-0.05, 0) is 24.6 Å². The molecule has 124 valence electrons. The van der Waals surface area contributed by atoms with Crippen molar-refractivity contribution in [2.24, 2.45) is 0 Å². The number of nitrogens with one attached hydrogen (secondary N) is 1. The van der Waals surface area contributed by atoms with Gasteiger partial charge in [0, 0.05) is 42.1 Å². The van der Waals surface area contributed by atoms with Gasteiger partial charge >= 0.3 is 0 Å². The number of hydrogen-bond donors (Lipinski definition) is 1. The van der Waals surface area contributed by atoms with Crippen molar-refractivity contribution in [3.63, 3.8) is 0 Å². The van der Waals surface area contributed by atoms with Crippen LogP contribution < -0.4 is 5.32 Å². The van der Waals surface area contributed by atoms with E-state index in [0.717, 1.165) is 34.3 Å². The summed E-state index contributed by atoms with van der Waals surface area (Å²) >= 11 is 6.01.